The van der Waals surface area contributed by atoms with Gasteiger partial charge in [-0.25, -0.2) is 9.67 Å². The maximum atomic E-state index is 12.6. The Balaban J connectivity index is 1.57. The van der Waals surface area contributed by atoms with Gasteiger partial charge in [0.05, 0.1) is 29.8 Å². The van der Waals surface area contributed by atoms with Crippen molar-refractivity contribution in [3.05, 3.63) is 46.4 Å². The maximum absolute atomic E-state index is 12.6. The molecule has 1 fully saturated rings. The van der Waals surface area contributed by atoms with Gasteiger partial charge in [-0.2, -0.15) is 5.10 Å². The van der Waals surface area contributed by atoms with Crippen LogP contribution in [0, 0.1) is 6.92 Å². The fourth-order valence-electron chi connectivity index (χ4n) is 3.55. The molecular formula is C20H23N5O3S. The number of aromatic amines is 1. The van der Waals surface area contributed by atoms with Crippen molar-refractivity contribution in [3.8, 4) is 5.69 Å². The van der Waals surface area contributed by atoms with Crippen LogP contribution in [0.15, 0.2) is 40.4 Å². The van der Waals surface area contributed by atoms with Crippen LogP contribution in [0.5, 0.6) is 0 Å². The zero-order chi connectivity index (χ0) is 20.5. The normalized spacial score (nSPS) is 19.6. The molecule has 8 nitrogen and oxygen atoms in total. The van der Waals surface area contributed by atoms with Gasteiger partial charge in [-0.15, -0.1) is 0 Å². The van der Waals surface area contributed by atoms with E-state index >= 15 is 0 Å². The minimum Gasteiger partial charge on any atom is -0.372 e. The Hall–Kier alpha value is -2.65. The number of carbonyl (C=O) groups is 1. The summed E-state index contributed by atoms with van der Waals surface area (Å²) < 4.78 is 7.34. The zero-order valence-corrected chi connectivity index (χ0v) is 17.4. The fraction of sp³-hybridized carbons (Fsp3) is 0.400. The quantitative estimate of drug-likeness (QED) is 0.520. The number of aromatic nitrogens is 4. The van der Waals surface area contributed by atoms with Crippen molar-refractivity contribution < 1.29 is 9.53 Å². The molecule has 9 heteroatoms. The van der Waals surface area contributed by atoms with Crippen molar-refractivity contribution in [3.63, 3.8) is 0 Å². The number of aryl methyl sites for hydroxylation is 1. The molecule has 1 aliphatic heterocycles. The fourth-order valence-corrected chi connectivity index (χ4v) is 4.31. The number of thioether (sulfide) groups is 1. The third-order valence-corrected chi connectivity index (χ3v) is 5.72. The van der Waals surface area contributed by atoms with Crippen molar-refractivity contribution in [2.24, 2.45) is 0 Å². The summed E-state index contributed by atoms with van der Waals surface area (Å²) in [5.41, 5.74) is 2.11. The van der Waals surface area contributed by atoms with Crippen molar-refractivity contribution in [2.75, 3.05) is 18.8 Å². The Labute approximate surface area is 172 Å². The number of morpholine rings is 1. The molecule has 1 aliphatic rings. The Morgan fingerprint density at radius 2 is 2.00 bits per heavy atom. The highest BCUT2D eigenvalue weighted by Crippen LogP contribution is 2.20. The van der Waals surface area contributed by atoms with Crippen LogP contribution in [0.3, 0.4) is 0 Å². The number of hydrogen-bond acceptors (Lipinski definition) is 6. The first-order chi connectivity index (χ1) is 13.9. The number of ether oxygens (including phenoxy) is 1. The van der Waals surface area contributed by atoms with E-state index in [4.69, 9.17) is 4.74 Å². The molecule has 0 radical (unpaired) electrons. The highest BCUT2D eigenvalue weighted by atomic mass is 32.2. The van der Waals surface area contributed by atoms with E-state index in [9.17, 15) is 9.59 Å². The smallest absolute Gasteiger partial charge is 0.262 e. The second-order valence-corrected chi connectivity index (χ2v) is 8.26. The summed E-state index contributed by atoms with van der Waals surface area (Å²) in [5.74, 6) is 0.207. The molecule has 0 saturated carbocycles. The number of para-hydroxylation sites is 1. The molecule has 1 saturated heterocycles. The average Bonchev–Trinajstić information content (AvgIpc) is 3.10. The average molecular weight is 414 g/mol. The molecule has 3 heterocycles. The lowest BCUT2D eigenvalue weighted by Gasteiger charge is -2.35. The summed E-state index contributed by atoms with van der Waals surface area (Å²) in [5, 5.41) is 5.17. The number of amides is 1. The number of nitrogens with one attached hydrogen (secondary N) is 1. The summed E-state index contributed by atoms with van der Waals surface area (Å²) in [7, 11) is 0. The summed E-state index contributed by atoms with van der Waals surface area (Å²) >= 11 is 1.23. The van der Waals surface area contributed by atoms with E-state index in [1.165, 1.54) is 18.0 Å². The van der Waals surface area contributed by atoms with Crippen molar-refractivity contribution in [1.29, 1.82) is 0 Å². The third-order valence-electron chi connectivity index (χ3n) is 4.86. The SMILES string of the molecule is Cc1ccccc1-n1ncc2c(=O)[nH]c(SCC(=O)N3CC(C)OC(C)C3)nc21. The third kappa shape index (κ3) is 4.06. The molecule has 4 rings (SSSR count). The van der Waals surface area contributed by atoms with Gasteiger partial charge in [-0.05, 0) is 32.4 Å². The van der Waals surface area contributed by atoms with E-state index in [0.29, 0.717) is 29.3 Å². The van der Waals surface area contributed by atoms with E-state index in [2.05, 4.69) is 15.1 Å². The van der Waals surface area contributed by atoms with Crippen molar-refractivity contribution in [1.82, 2.24) is 24.6 Å². The van der Waals surface area contributed by atoms with E-state index in [-0.39, 0.29) is 29.4 Å². The van der Waals surface area contributed by atoms with Crippen LogP contribution in [-0.2, 0) is 9.53 Å². The van der Waals surface area contributed by atoms with E-state index in [0.717, 1.165) is 11.3 Å². The number of nitrogens with zero attached hydrogens (tertiary/aromatic N) is 4. The lowest BCUT2D eigenvalue weighted by Crippen LogP contribution is -2.48. The summed E-state index contributed by atoms with van der Waals surface area (Å²) in [4.78, 5) is 34.2. The number of carbonyl (C=O) groups excluding carboxylic acids is 1. The van der Waals surface area contributed by atoms with Crippen LogP contribution in [0.2, 0.25) is 0 Å². The number of rotatable bonds is 4. The van der Waals surface area contributed by atoms with Crippen LogP contribution >= 0.6 is 11.8 Å². The largest absolute Gasteiger partial charge is 0.372 e. The minimum atomic E-state index is -0.265. The van der Waals surface area contributed by atoms with Gasteiger partial charge in [0.2, 0.25) is 5.91 Å². The Bertz CT molecular complexity index is 1100. The summed E-state index contributed by atoms with van der Waals surface area (Å²) in [6.07, 6.45) is 1.56. The van der Waals surface area contributed by atoms with E-state index < -0.39 is 0 Å². The van der Waals surface area contributed by atoms with Gasteiger partial charge in [0.15, 0.2) is 10.8 Å². The molecule has 2 aromatic heterocycles. The van der Waals surface area contributed by atoms with Crippen LogP contribution in [-0.4, -0.2) is 61.6 Å². The molecule has 2 atom stereocenters. The first-order valence-corrected chi connectivity index (χ1v) is 10.5. The summed E-state index contributed by atoms with van der Waals surface area (Å²) in [6, 6.07) is 7.78. The van der Waals surface area contributed by atoms with Crippen molar-refractivity contribution >= 4 is 28.7 Å². The van der Waals surface area contributed by atoms with Gasteiger partial charge in [-0.1, -0.05) is 30.0 Å². The molecule has 1 aromatic carbocycles. The minimum absolute atomic E-state index is 0.00663. The molecule has 0 aliphatic carbocycles. The van der Waals surface area contributed by atoms with Gasteiger partial charge in [0.1, 0.15) is 5.39 Å². The molecule has 29 heavy (non-hydrogen) atoms. The van der Waals surface area contributed by atoms with Gasteiger partial charge < -0.3 is 14.6 Å². The second-order valence-electron chi connectivity index (χ2n) is 7.30. The van der Waals surface area contributed by atoms with Gasteiger partial charge in [0, 0.05) is 13.1 Å². The molecule has 2 unspecified atom stereocenters. The lowest BCUT2D eigenvalue weighted by molar-refractivity contribution is -0.140. The van der Waals surface area contributed by atoms with Crippen molar-refractivity contribution in [2.45, 2.75) is 38.1 Å². The number of hydrogen-bond donors (Lipinski definition) is 1. The maximum Gasteiger partial charge on any atom is 0.262 e. The number of fused-ring (bicyclic) bond motifs is 1. The highest BCUT2D eigenvalue weighted by molar-refractivity contribution is 7.99. The first-order valence-electron chi connectivity index (χ1n) is 9.52. The zero-order valence-electron chi connectivity index (χ0n) is 16.6. The van der Waals surface area contributed by atoms with Gasteiger partial charge >= 0.3 is 0 Å². The molecular weight excluding hydrogens is 390 g/mol. The first kappa shape index (κ1) is 19.7. The topological polar surface area (TPSA) is 93.1 Å². The highest BCUT2D eigenvalue weighted by Gasteiger charge is 2.26. The Kier molecular flexibility index (Phi) is 5.42. The second kappa shape index (κ2) is 8.00. The predicted octanol–water partition coefficient (Wildman–Crippen LogP) is 2.15. The number of benzene rings is 1. The predicted molar refractivity (Wildman–Crippen MR) is 112 cm³/mol. The number of H-pyrrole nitrogens is 1. The van der Waals surface area contributed by atoms with Gasteiger partial charge in [-0.3, -0.25) is 9.59 Å². The van der Waals surface area contributed by atoms with E-state index in [1.54, 1.807) is 9.58 Å². The molecule has 152 valence electrons. The van der Waals surface area contributed by atoms with Crippen LogP contribution < -0.4 is 5.56 Å². The standard InChI is InChI=1S/C20H23N5O3S/c1-12-6-4-5-7-16(12)25-18-15(8-21-25)19(27)23-20(22-18)29-11-17(26)24-9-13(2)28-14(3)10-24/h4-8,13-14H,9-11H2,1-3H3,(H,22,23,27). The molecule has 1 amide bonds. The molecule has 0 bridgehead atoms. The van der Waals surface area contributed by atoms with Crippen LogP contribution in [0.1, 0.15) is 19.4 Å². The molecule has 1 N–H and O–H groups in total. The lowest BCUT2D eigenvalue weighted by atomic mass is 10.2. The molecule has 0 spiro atoms. The molecule has 3 aromatic rings. The summed E-state index contributed by atoms with van der Waals surface area (Å²) in [6.45, 7) is 7.06. The van der Waals surface area contributed by atoms with Crippen LogP contribution in [0.25, 0.3) is 16.7 Å². The van der Waals surface area contributed by atoms with Gasteiger partial charge in [0.25, 0.3) is 5.56 Å². The Morgan fingerprint density at radius 3 is 2.72 bits per heavy atom. The van der Waals surface area contributed by atoms with Crippen LogP contribution in [0.4, 0.5) is 0 Å². The monoisotopic (exact) mass is 413 g/mol. The van der Waals surface area contributed by atoms with E-state index in [1.807, 2.05) is 45.0 Å². The Morgan fingerprint density at radius 1 is 1.28 bits per heavy atom.